The second kappa shape index (κ2) is 6.77. The van der Waals surface area contributed by atoms with Crippen molar-refractivity contribution in [1.29, 1.82) is 0 Å². The standard InChI is InChI=1S/C12H19NS/c1-11-5-7-12(8-6-11)13-9-3-4-10-14-2/h5-8,13H,3-4,9-10H2,1-2H3. The van der Waals surface area contributed by atoms with Gasteiger partial charge in [0.25, 0.3) is 0 Å². The summed E-state index contributed by atoms with van der Waals surface area (Å²) >= 11 is 1.92. The predicted molar refractivity (Wildman–Crippen MR) is 67.3 cm³/mol. The van der Waals surface area contributed by atoms with Crippen LogP contribution in [0.3, 0.4) is 0 Å². The highest BCUT2D eigenvalue weighted by Gasteiger charge is 1.91. The summed E-state index contributed by atoms with van der Waals surface area (Å²) in [6.45, 7) is 3.20. The lowest BCUT2D eigenvalue weighted by atomic mass is 10.2. The first-order chi connectivity index (χ1) is 6.83. The van der Waals surface area contributed by atoms with Gasteiger partial charge in [-0.3, -0.25) is 0 Å². The van der Waals surface area contributed by atoms with Crippen molar-refractivity contribution in [2.45, 2.75) is 19.8 Å². The van der Waals surface area contributed by atoms with Crippen LogP contribution in [0.15, 0.2) is 24.3 Å². The van der Waals surface area contributed by atoms with Crippen molar-refractivity contribution in [1.82, 2.24) is 0 Å². The molecule has 0 aliphatic heterocycles. The first kappa shape index (κ1) is 11.4. The van der Waals surface area contributed by atoms with Crippen LogP contribution in [-0.2, 0) is 0 Å². The van der Waals surface area contributed by atoms with Crippen molar-refractivity contribution in [3.8, 4) is 0 Å². The molecule has 0 aromatic heterocycles. The SMILES string of the molecule is CSCCCCNc1ccc(C)cc1. The Morgan fingerprint density at radius 2 is 1.86 bits per heavy atom. The van der Waals surface area contributed by atoms with Crippen molar-refractivity contribution < 1.29 is 0 Å². The van der Waals surface area contributed by atoms with Gasteiger partial charge in [0.15, 0.2) is 0 Å². The summed E-state index contributed by atoms with van der Waals surface area (Å²) in [5, 5.41) is 3.42. The van der Waals surface area contributed by atoms with Gasteiger partial charge >= 0.3 is 0 Å². The number of anilines is 1. The first-order valence-corrected chi connectivity index (χ1v) is 6.52. The summed E-state index contributed by atoms with van der Waals surface area (Å²) in [7, 11) is 0. The molecular formula is C12H19NS. The molecule has 0 radical (unpaired) electrons. The summed E-state index contributed by atoms with van der Waals surface area (Å²) in [6.07, 6.45) is 4.72. The Hall–Kier alpha value is -0.630. The summed E-state index contributed by atoms with van der Waals surface area (Å²) in [4.78, 5) is 0. The van der Waals surface area contributed by atoms with E-state index in [-0.39, 0.29) is 0 Å². The molecule has 0 atom stereocenters. The molecule has 2 heteroatoms. The fourth-order valence-corrected chi connectivity index (χ4v) is 1.77. The third-order valence-corrected chi connectivity index (χ3v) is 2.85. The van der Waals surface area contributed by atoms with Gasteiger partial charge in [0.05, 0.1) is 0 Å². The van der Waals surface area contributed by atoms with Crippen LogP contribution in [0.2, 0.25) is 0 Å². The van der Waals surface area contributed by atoms with Crippen LogP contribution in [0, 0.1) is 6.92 Å². The molecule has 0 spiro atoms. The van der Waals surface area contributed by atoms with Gasteiger partial charge in [0.2, 0.25) is 0 Å². The molecule has 78 valence electrons. The zero-order valence-electron chi connectivity index (χ0n) is 9.05. The van der Waals surface area contributed by atoms with E-state index in [1.165, 1.54) is 29.8 Å². The Morgan fingerprint density at radius 1 is 1.14 bits per heavy atom. The molecule has 0 aliphatic rings. The molecule has 1 aromatic carbocycles. The maximum atomic E-state index is 3.42. The summed E-state index contributed by atoms with van der Waals surface area (Å²) < 4.78 is 0. The van der Waals surface area contributed by atoms with Crippen molar-refractivity contribution in [2.24, 2.45) is 0 Å². The molecule has 1 nitrogen and oxygen atoms in total. The van der Waals surface area contributed by atoms with Crippen molar-refractivity contribution in [2.75, 3.05) is 23.9 Å². The third kappa shape index (κ3) is 4.56. The fraction of sp³-hybridized carbons (Fsp3) is 0.500. The minimum atomic E-state index is 1.09. The number of rotatable bonds is 6. The molecule has 0 heterocycles. The molecule has 0 aliphatic carbocycles. The van der Waals surface area contributed by atoms with Crippen LogP contribution in [0.5, 0.6) is 0 Å². The van der Waals surface area contributed by atoms with Crippen molar-refractivity contribution in [3.63, 3.8) is 0 Å². The van der Waals surface area contributed by atoms with Crippen LogP contribution in [-0.4, -0.2) is 18.6 Å². The largest absolute Gasteiger partial charge is 0.385 e. The Balaban J connectivity index is 2.15. The number of aryl methyl sites for hydroxylation is 1. The Kier molecular flexibility index (Phi) is 5.53. The van der Waals surface area contributed by atoms with Crippen LogP contribution in [0.4, 0.5) is 5.69 Å². The number of hydrogen-bond acceptors (Lipinski definition) is 2. The fourth-order valence-electron chi connectivity index (χ4n) is 1.28. The van der Waals surface area contributed by atoms with E-state index in [2.05, 4.69) is 42.8 Å². The van der Waals surface area contributed by atoms with Gasteiger partial charge in [0.1, 0.15) is 0 Å². The van der Waals surface area contributed by atoms with E-state index in [0.29, 0.717) is 0 Å². The third-order valence-electron chi connectivity index (χ3n) is 2.16. The first-order valence-electron chi connectivity index (χ1n) is 5.12. The van der Waals surface area contributed by atoms with E-state index in [1.54, 1.807) is 0 Å². The quantitative estimate of drug-likeness (QED) is 0.719. The Labute approximate surface area is 91.3 Å². The van der Waals surface area contributed by atoms with E-state index in [4.69, 9.17) is 0 Å². The summed E-state index contributed by atoms with van der Waals surface area (Å²) in [5.41, 5.74) is 2.55. The Morgan fingerprint density at radius 3 is 2.50 bits per heavy atom. The van der Waals surface area contributed by atoms with Crippen LogP contribution >= 0.6 is 11.8 Å². The average molecular weight is 209 g/mol. The summed E-state index contributed by atoms with van der Waals surface area (Å²) in [6, 6.07) is 8.57. The molecule has 0 unspecified atom stereocenters. The minimum absolute atomic E-state index is 1.09. The number of nitrogens with one attached hydrogen (secondary N) is 1. The topological polar surface area (TPSA) is 12.0 Å². The molecular weight excluding hydrogens is 190 g/mol. The lowest BCUT2D eigenvalue weighted by molar-refractivity contribution is 0.843. The second-order valence-corrected chi connectivity index (χ2v) is 4.48. The monoisotopic (exact) mass is 209 g/mol. The zero-order chi connectivity index (χ0) is 10.2. The molecule has 0 saturated carbocycles. The van der Waals surface area contributed by atoms with E-state index >= 15 is 0 Å². The summed E-state index contributed by atoms with van der Waals surface area (Å²) in [5.74, 6) is 1.27. The van der Waals surface area contributed by atoms with Gasteiger partial charge in [-0.25, -0.2) is 0 Å². The number of benzene rings is 1. The molecule has 0 bridgehead atoms. The van der Waals surface area contributed by atoms with Gasteiger partial charge in [-0.15, -0.1) is 0 Å². The highest BCUT2D eigenvalue weighted by molar-refractivity contribution is 7.98. The van der Waals surface area contributed by atoms with Gasteiger partial charge in [0, 0.05) is 12.2 Å². The normalized spacial score (nSPS) is 10.1. The van der Waals surface area contributed by atoms with Crippen molar-refractivity contribution in [3.05, 3.63) is 29.8 Å². The molecule has 0 fully saturated rings. The van der Waals surface area contributed by atoms with Gasteiger partial charge < -0.3 is 5.32 Å². The smallest absolute Gasteiger partial charge is 0.0340 e. The van der Waals surface area contributed by atoms with Gasteiger partial charge in [-0.2, -0.15) is 11.8 Å². The molecule has 1 N–H and O–H groups in total. The van der Waals surface area contributed by atoms with Crippen LogP contribution < -0.4 is 5.32 Å². The molecule has 14 heavy (non-hydrogen) atoms. The predicted octanol–water partition coefficient (Wildman–Crippen LogP) is 3.55. The molecule has 0 saturated heterocycles. The van der Waals surface area contributed by atoms with Gasteiger partial charge in [-0.1, -0.05) is 17.7 Å². The average Bonchev–Trinajstić information content (AvgIpc) is 2.21. The number of unbranched alkanes of at least 4 members (excludes halogenated alkanes) is 1. The van der Waals surface area contributed by atoms with E-state index in [0.717, 1.165) is 6.54 Å². The lowest BCUT2D eigenvalue weighted by Crippen LogP contribution is -2.01. The second-order valence-electron chi connectivity index (χ2n) is 3.49. The lowest BCUT2D eigenvalue weighted by Gasteiger charge is -2.05. The maximum Gasteiger partial charge on any atom is 0.0340 e. The number of hydrogen-bond donors (Lipinski definition) is 1. The minimum Gasteiger partial charge on any atom is -0.385 e. The molecule has 0 amide bonds. The van der Waals surface area contributed by atoms with Gasteiger partial charge in [-0.05, 0) is 43.9 Å². The molecule has 1 rings (SSSR count). The van der Waals surface area contributed by atoms with Crippen LogP contribution in [0.25, 0.3) is 0 Å². The van der Waals surface area contributed by atoms with E-state index < -0.39 is 0 Å². The highest BCUT2D eigenvalue weighted by Crippen LogP contribution is 2.08. The number of thioether (sulfide) groups is 1. The molecule has 1 aromatic rings. The maximum absolute atomic E-state index is 3.42. The van der Waals surface area contributed by atoms with E-state index in [9.17, 15) is 0 Å². The van der Waals surface area contributed by atoms with Crippen molar-refractivity contribution >= 4 is 17.4 Å². The highest BCUT2D eigenvalue weighted by atomic mass is 32.2. The van der Waals surface area contributed by atoms with E-state index in [1.807, 2.05) is 11.8 Å². The zero-order valence-corrected chi connectivity index (χ0v) is 9.86. The Bertz CT molecular complexity index is 243. The van der Waals surface area contributed by atoms with Crippen LogP contribution in [0.1, 0.15) is 18.4 Å².